The number of carbonyl (C=O) groups excluding carboxylic acids is 1. The molecule has 2 aliphatic rings. The molecule has 1 saturated carbocycles. The summed E-state index contributed by atoms with van der Waals surface area (Å²) in [6.45, 7) is 6.77. The number of likely N-dealkylation sites (tertiary alicyclic amines) is 1. The molecule has 2 aromatic carbocycles. The normalized spacial score (nSPS) is 23.9. The lowest BCUT2D eigenvalue weighted by Gasteiger charge is -2.52. The van der Waals surface area contributed by atoms with Crippen LogP contribution in [0.2, 0.25) is 0 Å². The highest BCUT2D eigenvalue weighted by Gasteiger charge is 2.49. The van der Waals surface area contributed by atoms with Gasteiger partial charge in [-0.25, -0.2) is 0 Å². The van der Waals surface area contributed by atoms with Crippen molar-refractivity contribution in [3.05, 3.63) is 59.7 Å². The second-order valence-corrected chi connectivity index (χ2v) is 9.89. The molecule has 1 N–H and O–H groups in total. The number of hydrogen-bond donors (Lipinski definition) is 1. The zero-order valence-electron chi connectivity index (χ0n) is 22.1. The maximum atomic E-state index is 13.6. The monoisotopic (exact) mass is 492 g/mol. The molecule has 2 aromatic rings. The first-order valence-corrected chi connectivity index (χ1v) is 13.2. The van der Waals surface area contributed by atoms with Crippen LogP contribution in [-0.2, 0) is 4.79 Å². The smallest absolute Gasteiger partial charge is 0.247 e. The quantitative estimate of drug-likeness (QED) is 0.496. The molecule has 1 saturated heterocycles. The van der Waals surface area contributed by atoms with Crippen LogP contribution in [0.5, 0.6) is 11.5 Å². The van der Waals surface area contributed by atoms with E-state index in [0.29, 0.717) is 24.5 Å². The Kier molecular flexibility index (Phi) is 8.24. The predicted octanol–water partition coefficient (Wildman–Crippen LogP) is 5.46. The van der Waals surface area contributed by atoms with Crippen molar-refractivity contribution in [3.63, 3.8) is 0 Å². The minimum atomic E-state index is -0.704. The van der Waals surface area contributed by atoms with Crippen molar-refractivity contribution in [3.8, 4) is 11.5 Å². The second-order valence-electron chi connectivity index (χ2n) is 9.89. The summed E-state index contributed by atoms with van der Waals surface area (Å²) >= 11 is 0. The van der Waals surface area contributed by atoms with Crippen LogP contribution >= 0.6 is 0 Å². The minimum absolute atomic E-state index is 0.0322. The van der Waals surface area contributed by atoms with Gasteiger partial charge in [-0.05, 0) is 74.6 Å². The Morgan fingerprint density at radius 1 is 1.06 bits per heavy atom. The minimum Gasteiger partial charge on any atom is -0.493 e. The molecule has 0 radical (unpaired) electrons. The molecule has 36 heavy (non-hydrogen) atoms. The molecule has 0 unspecified atom stereocenters. The van der Waals surface area contributed by atoms with Crippen molar-refractivity contribution in [1.82, 2.24) is 4.90 Å². The van der Waals surface area contributed by atoms with E-state index >= 15 is 0 Å². The average molecular weight is 493 g/mol. The molecule has 0 aromatic heterocycles. The van der Waals surface area contributed by atoms with Crippen LogP contribution < -0.4 is 14.4 Å². The number of amides is 1. The first-order valence-electron chi connectivity index (χ1n) is 13.2. The van der Waals surface area contributed by atoms with Crippen molar-refractivity contribution in [2.45, 2.75) is 57.6 Å². The fourth-order valence-corrected chi connectivity index (χ4v) is 6.03. The molecule has 1 aliphatic carbocycles. The summed E-state index contributed by atoms with van der Waals surface area (Å²) in [5, 5.41) is 11.6. The van der Waals surface area contributed by atoms with E-state index in [9.17, 15) is 9.90 Å². The van der Waals surface area contributed by atoms with Gasteiger partial charge in [0.05, 0.1) is 25.9 Å². The standard InChI is InChI=1S/C30H40N2O4/c1-5-31(6-2)24-14-12-23(13-15-24)29-25-9-7-8-18-30(25,34)19-20-32(29)28(33)17-11-22-10-16-26(35-3)27(21-22)36-4/h10-17,21,25,29,34H,5-9,18-20H2,1-4H3/b17-11+/t25-,29-,30+/m1/s1. The maximum absolute atomic E-state index is 13.6. The number of methoxy groups -OCH3 is 2. The van der Waals surface area contributed by atoms with Crippen LogP contribution in [0, 0.1) is 5.92 Å². The number of anilines is 1. The van der Waals surface area contributed by atoms with Gasteiger partial charge in [-0.1, -0.05) is 31.0 Å². The molecule has 1 aliphatic heterocycles. The van der Waals surface area contributed by atoms with E-state index in [0.717, 1.165) is 49.9 Å². The van der Waals surface area contributed by atoms with E-state index in [1.807, 2.05) is 29.2 Å². The zero-order valence-corrected chi connectivity index (χ0v) is 22.1. The molecule has 4 rings (SSSR count). The van der Waals surface area contributed by atoms with Gasteiger partial charge in [-0.3, -0.25) is 4.79 Å². The van der Waals surface area contributed by atoms with Gasteiger partial charge in [-0.15, -0.1) is 0 Å². The Morgan fingerprint density at radius 3 is 2.44 bits per heavy atom. The van der Waals surface area contributed by atoms with E-state index in [1.54, 1.807) is 20.3 Å². The van der Waals surface area contributed by atoms with Gasteiger partial charge in [0, 0.05) is 37.3 Å². The van der Waals surface area contributed by atoms with Crippen LogP contribution in [0.4, 0.5) is 5.69 Å². The van der Waals surface area contributed by atoms with E-state index < -0.39 is 5.60 Å². The molecule has 6 nitrogen and oxygen atoms in total. The molecule has 194 valence electrons. The summed E-state index contributed by atoms with van der Waals surface area (Å²) in [6, 6.07) is 14.1. The summed E-state index contributed by atoms with van der Waals surface area (Å²) in [7, 11) is 3.21. The number of nitrogens with zero attached hydrogens (tertiary/aromatic N) is 2. The van der Waals surface area contributed by atoms with Gasteiger partial charge in [0.25, 0.3) is 0 Å². The molecule has 6 heteroatoms. The Labute approximate surface area is 215 Å². The van der Waals surface area contributed by atoms with Crippen LogP contribution in [0.3, 0.4) is 0 Å². The molecule has 1 amide bonds. The third kappa shape index (κ3) is 5.24. The summed E-state index contributed by atoms with van der Waals surface area (Å²) in [5.41, 5.74) is 2.45. The van der Waals surface area contributed by atoms with Crippen LogP contribution in [0.15, 0.2) is 48.5 Å². The SMILES string of the molecule is CCN(CC)c1ccc([C@@H]2[C@H]3CCCC[C@]3(O)CCN2C(=O)/C=C/c2ccc(OC)c(OC)c2)cc1. The van der Waals surface area contributed by atoms with Crippen molar-refractivity contribution in [2.75, 3.05) is 38.8 Å². The van der Waals surface area contributed by atoms with E-state index in [2.05, 4.69) is 43.0 Å². The van der Waals surface area contributed by atoms with Gasteiger partial charge < -0.3 is 24.4 Å². The van der Waals surface area contributed by atoms with Gasteiger partial charge in [0.15, 0.2) is 11.5 Å². The number of benzene rings is 2. The van der Waals surface area contributed by atoms with Gasteiger partial charge in [0.1, 0.15) is 0 Å². The first-order chi connectivity index (χ1) is 17.4. The van der Waals surface area contributed by atoms with Crippen molar-refractivity contribution in [1.29, 1.82) is 0 Å². The fraction of sp³-hybridized carbons (Fsp3) is 0.500. The molecular formula is C30H40N2O4. The number of carbonyl (C=O) groups is 1. The zero-order chi connectivity index (χ0) is 25.7. The molecule has 0 bridgehead atoms. The predicted molar refractivity (Wildman–Crippen MR) is 145 cm³/mol. The molecular weight excluding hydrogens is 452 g/mol. The largest absolute Gasteiger partial charge is 0.493 e. The molecule has 2 fully saturated rings. The van der Waals surface area contributed by atoms with Gasteiger partial charge in [0.2, 0.25) is 5.91 Å². The lowest BCUT2D eigenvalue weighted by Crippen LogP contribution is -2.56. The summed E-state index contributed by atoms with van der Waals surface area (Å²) < 4.78 is 10.7. The van der Waals surface area contributed by atoms with Crippen molar-refractivity contribution >= 4 is 17.7 Å². The average Bonchev–Trinajstić information content (AvgIpc) is 2.91. The molecule has 0 spiro atoms. The van der Waals surface area contributed by atoms with Gasteiger partial charge in [-0.2, -0.15) is 0 Å². The first kappa shape index (κ1) is 26.1. The number of hydrogen-bond acceptors (Lipinski definition) is 5. The number of fused-ring (bicyclic) bond motifs is 1. The maximum Gasteiger partial charge on any atom is 0.247 e. The number of rotatable bonds is 8. The lowest BCUT2D eigenvalue weighted by molar-refractivity contribution is -0.150. The summed E-state index contributed by atoms with van der Waals surface area (Å²) in [5.74, 6) is 1.29. The fourth-order valence-electron chi connectivity index (χ4n) is 6.03. The third-order valence-corrected chi connectivity index (χ3v) is 8.04. The Morgan fingerprint density at radius 2 is 1.78 bits per heavy atom. The highest BCUT2D eigenvalue weighted by Crippen LogP contribution is 2.49. The lowest BCUT2D eigenvalue weighted by atomic mass is 9.66. The Balaban J connectivity index is 1.63. The third-order valence-electron chi connectivity index (χ3n) is 8.04. The Hall–Kier alpha value is -2.99. The van der Waals surface area contributed by atoms with Crippen LogP contribution in [-0.4, -0.2) is 55.4 Å². The van der Waals surface area contributed by atoms with Crippen molar-refractivity contribution in [2.24, 2.45) is 5.92 Å². The number of piperidine rings is 1. The molecule has 1 heterocycles. The molecule has 3 atom stereocenters. The van der Waals surface area contributed by atoms with E-state index in [-0.39, 0.29) is 17.9 Å². The summed E-state index contributed by atoms with van der Waals surface area (Å²) in [4.78, 5) is 17.9. The van der Waals surface area contributed by atoms with Crippen LogP contribution in [0.1, 0.15) is 63.1 Å². The Bertz CT molecular complexity index is 1060. The topological polar surface area (TPSA) is 62.2 Å². The number of ether oxygens (including phenoxy) is 2. The van der Waals surface area contributed by atoms with Crippen molar-refractivity contribution < 1.29 is 19.4 Å². The number of aliphatic hydroxyl groups is 1. The van der Waals surface area contributed by atoms with E-state index in [1.165, 1.54) is 5.69 Å². The van der Waals surface area contributed by atoms with Crippen LogP contribution in [0.25, 0.3) is 6.08 Å². The summed E-state index contributed by atoms with van der Waals surface area (Å²) in [6.07, 6.45) is 7.98. The highest BCUT2D eigenvalue weighted by atomic mass is 16.5. The highest BCUT2D eigenvalue weighted by molar-refractivity contribution is 5.92. The second kappa shape index (κ2) is 11.4. The van der Waals surface area contributed by atoms with Gasteiger partial charge >= 0.3 is 0 Å². The van der Waals surface area contributed by atoms with E-state index in [4.69, 9.17) is 9.47 Å².